The molecule has 0 heterocycles. The fourth-order valence-corrected chi connectivity index (χ4v) is 0.955. The molecule has 0 saturated carbocycles. The summed E-state index contributed by atoms with van der Waals surface area (Å²) < 4.78 is 9.49. The number of hydrogen-bond donors (Lipinski definition) is 1. The van der Waals surface area contributed by atoms with Gasteiger partial charge in [0.15, 0.2) is 0 Å². The highest BCUT2D eigenvalue weighted by molar-refractivity contribution is 5.85. The molecular formula is C10H14ClNO3. The molecule has 0 amide bonds. The number of halogens is 1. The number of ether oxygens (including phenoxy) is 2. The summed E-state index contributed by atoms with van der Waals surface area (Å²) in [4.78, 5) is 10.8. The molecule has 0 aliphatic rings. The van der Waals surface area contributed by atoms with Gasteiger partial charge in [-0.05, 0) is 24.3 Å². The predicted molar refractivity (Wildman–Crippen MR) is 60.7 cm³/mol. The van der Waals surface area contributed by atoms with Gasteiger partial charge in [0.1, 0.15) is 12.3 Å². The molecule has 0 radical (unpaired) electrons. The molecule has 5 heteroatoms. The minimum absolute atomic E-state index is 0. The maximum Gasteiger partial charge on any atom is 0.325 e. The van der Waals surface area contributed by atoms with Gasteiger partial charge < -0.3 is 14.8 Å². The number of anilines is 1. The zero-order chi connectivity index (χ0) is 10.4. The summed E-state index contributed by atoms with van der Waals surface area (Å²) in [5.74, 6) is 0.495. The first-order valence-electron chi connectivity index (χ1n) is 4.21. The number of rotatable bonds is 4. The molecular weight excluding hydrogens is 218 g/mol. The maximum absolute atomic E-state index is 10.8. The van der Waals surface area contributed by atoms with E-state index in [1.807, 2.05) is 24.3 Å². The van der Waals surface area contributed by atoms with E-state index in [4.69, 9.17) is 4.74 Å². The van der Waals surface area contributed by atoms with E-state index in [0.29, 0.717) is 0 Å². The minimum atomic E-state index is -0.291. The lowest BCUT2D eigenvalue weighted by Crippen LogP contribution is -2.14. The molecule has 1 aromatic rings. The van der Waals surface area contributed by atoms with Gasteiger partial charge in [-0.3, -0.25) is 4.79 Å². The molecule has 0 aromatic heterocycles. The van der Waals surface area contributed by atoms with Crippen molar-refractivity contribution < 1.29 is 14.3 Å². The second-order valence-electron chi connectivity index (χ2n) is 2.66. The monoisotopic (exact) mass is 231 g/mol. The zero-order valence-electron chi connectivity index (χ0n) is 8.65. The summed E-state index contributed by atoms with van der Waals surface area (Å²) in [7, 11) is 2.97. The number of carbonyl (C=O) groups is 1. The van der Waals surface area contributed by atoms with Gasteiger partial charge >= 0.3 is 5.97 Å². The van der Waals surface area contributed by atoms with Crippen molar-refractivity contribution in [3.8, 4) is 5.75 Å². The number of nitrogens with one attached hydrogen (secondary N) is 1. The van der Waals surface area contributed by atoms with Crippen molar-refractivity contribution >= 4 is 24.1 Å². The Morgan fingerprint density at radius 1 is 1.27 bits per heavy atom. The predicted octanol–water partition coefficient (Wildman–Crippen LogP) is 1.70. The third kappa shape index (κ3) is 4.56. The maximum atomic E-state index is 10.8. The van der Waals surface area contributed by atoms with Crippen LogP contribution in [-0.4, -0.2) is 26.7 Å². The largest absolute Gasteiger partial charge is 0.497 e. The second kappa shape index (κ2) is 6.95. The molecule has 0 atom stereocenters. The average Bonchev–Trinajstić information content (AvgIpc) is 2.26. The first kappa shape index (κ1) is 13.6. The Morgan fingerprint density at radius 2 is 1.87 bits per heavy atom. The molecule has 0 fully saturated rings. The Bertz CT molecular complexity index is 300. The van der Waals surface area contributed by atoms with Crippen LogP contribution in [0.15, 0.2) is 24.3 Å². The smallest absolute Gasteiger partial charge is 0.325 e. The lowest BCUT2D eigenvalue weighted by Gasteiger charge is -2.05. The summed E-state index contributed by atoms with van der Waals surface area (Å²) in [5, 5.41) is 2.92. The van der Waals surface area contributed by atoms with E-state index in [2.05, 4.69) is 10.1 Å². The van der Waals surface area contributed by atoms with Crippen molar-refractivity contribution in [2.45, 2.75) is 0 Å². The molecule has 0 aliphatic carbocycles. The van der Waals surface area contributed by atoms with Crippen LogP contribution < -0.4 is 10.1 Å². The summed E-state index contributed by atoms with van der Waals surface area (Å²) in [5.41, 5.74) is 0.858. The highest BCUT2D eigenvalue weighted by atomic mass is 35.5. The van der Waals surface area contributed by atoms with Gasteiger partial charge in [-0.25, -0.2) is 0 Å². The molecule has 4 nitrogen and oxygen atoms in total. The summed E-state index contributed by atoms with van der Waals surface area (Å²) in [6.07, 6.45) is 0. The van der Waals surface area contributed by atoms with Gasteiger partial charge in [0, 0.05) is 5.69 Å². The molecule has 1 N–H and O–H groups in total. The number of esters is 1. The molecule has 0 spiro atoms. The molecule has 1 rings (SSSR count). The first-order valence-corrected chi connectivity index (χ1v) is 4.21. The molecule has 1 aromatic carbocycles. The molecule has 0 unspecified atom stereocenters. The van der Waals surface area contributed by atoms with Gasteiger partial charge in [0.2, 0.25) is 0 Å². The number of methoxy groups -OCH3 is 2. The summed E-state index contributed by atoms with van der Waals surface area (Å²) >= 11 is 0. The number of hydrogen-bond acceptors (Lipinski definition) is 4. The van der Waals surface area contributed by atoms with Crippen LogP contribution in [-0.2, 0) is 9.53 Å². The van der Waals surface area contributed by atoms with Crippen LogP contribution in [0.1, 0.15) is 0 Å². The lowest BCUT2D eigenvalue weighted by molar-refractivity contribution is -0.138. The fourth-order valence-electron chi connectivity index (χ4n) is 0.955. The first-order chi connectivity index (χ1) is 6.76. The van der Waals surface area contributed by atoms with E-state index in [0.717, 1.165) is 11.4 Å². The third-order valence-electron chi connectivity index (χ3n) is 1.75. The molecule has 0 aliphatic heterocycles. The van der Waals surface area contributed by atoms with E-state index in [1.165, 1.54) is 7.11 Å². The number of benzene rings is 1. The van der Waals surface area contributed by atoms with Crippen LogP contribution in [0.2, 0.25) is 0 Å². The van der Waals surface area contributed by atoms with Crippen molar-refractivity contribution in [2.24, 2.45) is 0 Å². The summed E-state index contributed by atoms with van der Waals surface area (Å²) in [6.45, 7) is 0.169. The Hall–Kier alpha value is -1.42. The van der Waals surface area contributed by atoms with Crippen molar-refractivity contribution in [1.82, 2.24) is 0 Å². The van der Waals surface area contributed by atoms with Crippen LogP contribution in [0.3, 0.4) is 0 Å². The van der Waals surface area contributed by atoms with Gasteiger partial charge in [-0.2, -0.15) is 0 Å². The Kier molecular flexibility index (Phi) is 6.29. The van der Waals surface area contributed by atoms with Crippen LogP contribution in [0.5, 0.6) is 5.75 Å². The highest BCUT2D eigenvalue weighted by Crippen LogP contribution is 2.14. The standard InChI is InChI=1S/C10H13NO3.ClH/c1-13-9-5-3-8(4-6-9)11-7-10(12)14-2;/h3-6,11H,7H2,1-2H3;1H. The zero-order valence-corrected chi connectivity index (χ0v) is 9.47. The topological polar surface area (TPSA) is 47.6 Å². The molecule has 84 valence electrons. The molecule has 0 saturated heterocycles. The Labute approximate surface area is 95.0 Å². The third-order valence-corrected chi connectivity index (χ3v) is 1.75. The second-order valence-corrected chi connectivity index (χ2v) is 2.66. The highest BCUT2D eigenvalue weighted by Gasteiger charge is 1.99. The van der Waals surface area contributed by atoms with E-state index in [9.17, 15) is 4.79 Å². The van der Waals surface area contributed by atoms with Crippen molar-refractivity contribution in [2.75, 3.05) is 26.1 Å². The van der Waals surface area contributed by atoms with Gasteiger partial charge in [0.25, 0.3) is 0 Å². The van der Waals surface area contributed by atoms with Crippen LogP contribution in [0.4, 0.5) is 5.69 Å². The Balaban J connectivity index is 0.00000196. The fraction of sp³-hybridized carbons (Fsp3) is 0.300. The lowest BCUT2D eigenvalue weighted by atomic mass is 10.3. The van der Waals surface area contributed by atoms with Crippen LogP contribution in [0.25, 0.3) is 0 Å². The van der Waals surface area contributed by atoms with E-state index >= 15 is 0 Å². The van der Waals surface area contributed by atoms with Crippen LogP contribution >= 0.6 is 12.4 Å². The molecule has 0 bridgehead atoms. The quantitative estimate of drug-likeness (QED) is 0.802. The SMILES string of the molecule is COC(=O)CNc1ccc(OC)cc1.Cl. The average molecular weight is 232 g/mol. The number of carbonyl (C=O) groups excluding carboxylic acids is 1. The van der Waals surface area contributed by atoms with Crippen molar-refractivity contribution in [3.05, 3.63) is 24.3 Å². The Morgan fingerprint density at radius 3 is 2.33 bits per heavy atom. The molecule has 15 heavy (non-hydrogen) atoms. The van der Waals surface area contributed by atoms with Crippen LogP contribution in [0, 0.1) is 0 Å². The van der Waals surface area contributed by atoms with Gasteiger partial charge in [-0.15, -0.1) is 12.4 Å². The minimum Gasteiger partial charge on any atom is -0.497 e. The van der Waals surface area contributed by atoms with Crippen molar-refractivity contribution in [1.29, 1.82) is 0 Å². The van der Waals surface area contributed by atoms with Crippen molar-refractivity contribution in [3.63, 3.8) is 0 Å². The van der Waals surface area contributed by atoms with Gasteiger partial charge in [-0.1, -0.05) is 0 Å². The van der Waals surface area contributed by atoms with E-state index < -0.39 is 0 Å². The van der Waals surface area contributed by atoms with Gasteiger partial charge in [0.05, 0.1) is 14.2 Å². The normalized spacial score (nSPS) is 8.67. The van der Waals surface area contributed by atoms with E-state index in [1.54, 1.807) is 7.11 Å². The summed E-state index contributed by atoms with van der Waals surface area (Å²) in [6, 6.07) is 7.31. The van der Waals surface area contributed by atoms with E-state index in [-0.39, 0.29) is 24.9 Å².